The van der Waals surface area contributed by atoms with Crippen LogP contribution in [0.2, 0.25) is 0 Å². The largest absolute Gasteiger partial charge is 0.463 e. The molecule has 2 amide bonds. The molecule has 1 aliphatic rings. The summed E-state index contributed by atoms with van der Waals surface area (Å²) in [6.07, 6.45) is 0. The molecule has 1 aromatic carbocycles. The number of esters is 1. The molecule has 0 radical (unpaired) electrons. The molecule has 0 aromatic heterocycles. The first kappa shape index (κ1) is 14.1. The zero-order valence-electron chi connectivity index (χ0n) is 11.8. The van der Waals surface area contributed by atoms with Crippen LogP contribution >= 0.6 is 0 Å². The lowest BCUT2D eigenvalue weighted by Gasteiger charge is -2.29. The van der Waals surface area contributed by atoms with Crippen LogP contribution in [0.1, 0.15) is 31.0 Å². The van der Waals surface area contributed by atoms with Gasteiger partial charge in [-0.2, -0.15) is 0 Å². The topological polar surface area (TPSA) is 67.4 Å². The molecule has 1 atom stereocenters. The van der Waals surface area contributed by atoms with Crippen LogP contribution in [0.5, 0.6) is 0 Å². The molecule has 20 heavy (non-hydrogen) atoms. The highest BCUT2D eigenvalue weighted by molar-refractivity contribution is 5.95. The Balaban J connectivity index is 2.48. The molecule has 0 fully saturated rings. The number of carbonyl (C=O) groups excluding carboxylic acids is 2. The Bertz CT molecular complexity index is 578. The van der Waals surface area contributed by atoms with Crippen molar-refractivity contribution in [3.63, 3.8) is 0 Å². The number of allylic oxidation sites excluding steroid dienone is 1. The Labute approximate surface area is 118 Å². The minimum absolute atomic E-state index is 0.296. The van der Waals surface area contributed by atoms with Crippen LogP contribution in [0.3, 0.4) is 0 Å². The van der Waals surface area contributed by atoms with Crippen molar-refractivity contribution in [2.24, 2.45) is 0 Å². The Hall–Kier alpha value is -2.30. The molecule has 1 aliphatic heterocycles. The summed E-state index contributed by atoms with van der Waals surface area (Å²) in [7, 11) is 0. The zero-order valence-corrected chi connectivity index (χ0v) is 11.8. The van der Waals surface area contributed by atoms with Gasteiger partial charge < -0.3 is 15.4 Å². The van der Waals surface area contributed by atoms with Gasteiger partial charge in [-0.15, -0.1) is 0 Å². The van der Waals surface area contributed by atoms with Crippen molar-refractivity contribution < 1.29 is 14.3 Å². The number of nitrogens with one attached hydrogen (secondary N) is 2. The van der Waals surface area contributed by atoms with E-state index in [0.717, 1.165) is 11.1 Å². The van der Waals surface area contributed by atoms with Crippen LogP contribution in [0.4, 0.5) is 4.79 Å². The van der Waals surface area contributed by atoms with E-state index < -0.39 is 12.0 Å². The molecule has 0 spiro atoms. The Morgan fingerprint density at radius 2 is 2.00 bits per heavy atom. The maximum atomic E-state index is 12.1. The molecule has 5 heteroatoms. The summed E-state index contributed by atoms with van der Waals surface area (Å²) in [6.45, 7) is 5.70. The van der Waals surface area contributed by atoms with Gasteiger partial charge in [0.15, 0.2) is 0 Å². The highest BCUT2D eigenvalue weighted by atomic mass is 16.5. The Morgan fingerprint density at radius 1 is 1.30 bits per heavy atom. The fraction of sp³-hybridized carbons (Fsp3) is 0.333. The first-order chi connectivity index (χ1) is 9.54. The van der Waals surface area contributed by atoms with Crippen molar-refractivity contribution >= 4 is 12.0 Å². The fourth-order valence-electron chi connectivity index (χ4n) is 2.32. The second-order valence-corrected chi connectivity index (χ2v) is 4.65. The van der Waals surface area contributed by atoms with Gasteiger partial charge in [0.1, 0.15) is 0 Å². The van der Waals surface area contributed by atoms with E-state index in [4.69, 9.17) is 4.74 Å². The van der Waals surface area contributed by atoms with Crippen molar-refractivity contribution in [3.8, 4) is 0 Å². The summed E-state index contributed by atoms with van der Waals surface area (Å²) in [5.41, 5.74) is 2.88. The van der Waals surface area contributed by atoms with Crippen LogP contribution in [0.15, 0.2) is 35.5 Å². The molecule has 1 heterocycles. The zero-order chi connectivity index (χ0) is 14.7. The molecule has 0 saturated heterocycles. The van der Waals surface area contributed by atoms with Gasteiger partial charge in [-0.05, 0) is 31.9 Å². The summed E-state index contributed by atoms with van der Waals surface area (Å²) in [4.78, 5) is 23.8. The Morgan fingerprint density at radius 3 is 2.65 bits per heavy atom. The highest BCUT2D eigenvalue weighted by Crippen LogP contribution is 2.29. The number of aryl methyl sites for hydroxylation is 1. The predicted octanol–water partition coefficient (Wildman–Crippen LogP) is 2.19. The molecule has 0 aliphatic carbocycles. The molecule has 1 aromatic rings. The van der Waals surface area contributed by atoms with E-state index in [1.807, 2.05) is 31.2 Å². The number of amides is 2. The van der Waals surface area contributed by atoms with E-state index >= 15 is 0 Å². The van der Waals surface area contributed by atoms with Gasteiger partial charge in [-0.3, -0.25) is 0 Å². The molecule has 5 nitrogen and oxygen atoms in total. The van der Waals surface area contributed by atoms with E-state index in [-0.39, 0.29) is 6.03 Å². The normalized spacial score (nSPS) is 18.4. The summed E-state index contributed by atoms with van der Waals surface area (Å²) in [5.74, 6) is -0.411. The van der Waals surface area contributed by atoms with Gasteiger partial charge in [-0.25, -0.2) is 9.59 Å². The van der Waals surface area contributed by atoms with Gasteiger partial charge in [0.25, 0.3) is 0 Å². The van der Waals surface area contributed by atoms with Crippen molar-refractivity contribution in [1.29, 1.82) is 0 Å². The number of urea groups is 1. The Kier molecular flexibility index (Phi) is 4.08. The lowest BCUT2D eigenvalue weighted by atomic mass is 9.92. The third kappa shape index (κ3) is 2.66. The summed E-state index contributed by atoms with van der Waals surface area (Å²) in [5, 5.41) is 5.40. The fourth-order valence-corrected chi connectivity index (χ4v) is 2.32. The number of rotatable bonds is 3. The number of benzene rings is 1. The van der Waals surface area contributed by atoms with Gasteiger partial charge in [0.05, 0.1) is 18.2 Å². The predicted molar refractivity (Wildman–Crippen MR) is 74.9 cm³/mol. The van der Waals surface area contributed by atoms with E-state index in [1.54, 1.807) is 13.8 Å². The van der Waals surface area contributed by atoms with Crippen molar-refractivity contribution in [3.05, 3.63) is 46.7 Å². The van der Waals surface area contributed by atoms with Gasteiger partial charge in [-0.1, -0.05) is 24.3 Å². The monoisotopic (exact) mass is 274 g/mol. The number of ether oxygens (including phenoxy) is 1. The van der Waals surface area contributed by atoms with Crippen LogP contribution in [0.25, 0.3) is 0 Å². The van der Waals surface area contributed by atoms with Crippen LogP contribution < -0.4 is 10.6 Å². The maximum absolute atomic E-state index is 12.1. The van der Waals surface area contributed by atoms with Crippen molar-refractivity contribution in [2.45, 2.75) is 26.8 Å². The van der Waals surface area contributed by atoms with Crippen LogP contribution in [-0.4, -0.2) is 18.6 Å². The third-order valence-electron chi connectivity index (χ3n) is 3.26. The average Bonchev–Trinajstić information content (AvgIpc) is 2.38. The quantitative estimate of drug-likeness (QED) is 0.830. The number of hydrogen-bond acceptors (Lipinski definition) is 3. The lowest BCUT2D eigenvalue weighted by Crippen LogP contribution is -2.45. The lowest BCUT2D eigenvalue weighted by molar-refractivity contribution is -0.139. The maximum Gasteiger partial charge on any atom is 0.338 e. The SMILES string of the molecule is CCOC(=O)C1=C(C)NC(=O)N[C@@H]1c1ccccc1C. The van der Waals surface area contributed by atoms with Gasteiger partial charge >= 0.3 is 12.0 Å². The average molecular weight is 274 g/mol. The summed E-state index contributed by atoms with van der Waals surface area (Å²) >= 11 is 0. The van der Waals surface area contributed by atoms with Gasteiger partial charge in [0.2, 0.25) is 0 Å². The standard InChI is InChI=1S/C15H18N2O3/c1-4-20-14(18)12-10(3)16-15(19)17-13(12)11-8-6-5-7-9(11)2/h5-8,13H,4H2,1-3H3,(H2,16,17,19)/t13-/m1/s1. The minimum atomic E-state index is -0.482. The molecule has 0 unspecified atom stereocenters. The molecule has 2 rings (SSSR count). The van der Waals surface area contributed by atoms with E-state index in [1.165, 1.54) is 0 Å². The van der Waals surface area contributed by atoms with E-state index in [9.17, 15) is 9.59 Å². The molecule has 106 valence electrons. The molecule has 0 saturated carbocycles. The summed E-state index contributed by atoms with van der Waals surface area (Å²) < 4.78 is 5.09. The minimum Gasteiger partial charge on any atom is -0.463 e. The summed E-state index contributed by atoms with van der Waals surface area (Å²) in [6, 6.07) is 6.85. The van der Waals surface area contributed by atoms with E-state index in [0.29, 0.717) is 17.9 Å². The first-order valence-corrected chi connectivity index (χ1v) is 6.55. The smallest absolute Gasteiger partial charge is 0.338 e. The highest BCUT2D eigenvalue weighted by Gasteiger charge is 2.32. The number of carbonyl (C=O) groups is 2. The molecule has 2 N–H and O–H groups in total. The van der Waals surface area contributed by atoms with Crippen molar-refractivity contribution in [2.75, 3.05) is 6.61 Å². The first-order valence-electron chi connectivity index (χ1n) is 6.55. The second kappa shape index (κ2) is 5.77. The van der Waals surface area contributed by atoms with Crippen LogP contribution in [-0.2, 0) is 9.53 Å². The van der Waals surface area contributed by atoms with E-state index in [2.05, 4.69) is 10.6 Å². The third-order valence-corrected chi connectivity index (χ3v) is 3.26. The molecule has 0 bridgehead atoms. The molecular weight excluding hydrogens is 256 g/mol. The number of hydrogen-bond donors (Lipinski definition) is 2. The van der Waals surface area contributed by atoms with Crippen molar-refractivity contribution in [1.82, 2.24) is 10.6 Å². The second-order valence-electron chi connectivity index (χ2n) is 4.65. The molecular formula is C15H18N2O3. The van der Waals surface area contributed by atoms with Crippen LogP contribution in [0, 0.1) is 6.92 Å². The van der Waals surface area contributed by atoms with Gasteiger partial charge in [0, 0.05) is 5.70 Å².